The molecular weight excluding hydrogens is 276 g/mol. The zero-order chi connectivity index (χ0) is 14.0. The van der Waals surface area contributed by atoms with Gasteiger partial charge in [0.05, 0.1) is 9.73 Å². The smallest absolute Gasteiger partial charge is 0.0696 e. The van der Waals surface area contributed by atoms with E-state index in [0.717, 1.165) is 12.2 Å². The predicted octanol–water partition coefficient (Wildman–Crippen LogP) is 4.01. The molecule has 0 radical (unpaired) electrons. The monoisotopic (exact) mass is 294 g/mol. The van der Waals surface area contributed by atoms with Crippen LogP contribution in [0.15, 0.2) is 35.2 Å². The van der Waals surface area contributed by atoms with Crippen LogP contribution in [0.3, 0.4) is 0 Å². The maximum atomic E-state index is 11.6. The lowest BCUT2D eigenvalue weighted by atomic mass is 10.2. The highest BCUT2D eigenvalue weighted by molar-refractivity contribution is 7.91. The summed E-state index contributed by atoms with van der Waals surface area (Å²) in [5, 5.41) is 3.35. The molecular formula is C14H18N2OS2. The van der Waals surface area contributed by atoms with Crippen molar-refractivity contribution in [1.82, 2.24) is 0 Å². The molecule has 0 bridgehead atoms. The number of nitrogens with one attached hydrogen (secondary N) is 2. The Bertz CT molecular complexity index is 670. The van der Waals surface area contributed by atoms with Crippen LogP contribution >= 0.6 is 11.3 Å². The van der Waals surface area contributed by atoms with E-state index in [1.165, 1.54) is 21.6 Å². The molecule has 0 fully saturated rings. The van der Waals surface area contributed by atoms with Crippen molar-refractivity contribution in [1.29, 1.82) is 4.78 Å². The van der Waals surface area contributed by atoms with Gasteiger partial charge in [-0.25, -0.2) is 8.99 Å². The first-order chi connectivity index (χ1) is 8.86. The average Bonchev–Trinajstić information content (AvgIpc) is 2.65. The lowest BCUT2D eigenvalue weighted by molar-refractivity contribution is 0.679. The van der Waals surface area contributed by atoms with Gasteiger partial charge >= 0.3 is 0 Å². The van der Waals surface area contributed by atoms with E-state index < -0.39 is 9.73 Å². The van der Waals surface area contributed by atoms with Crippen molar-refractivity contribution < 1.29 is 4.21 Å². The van der Waals surface area contributed by atoms with E-state index in [1.807, 2.05) is 23.5 Å². The van der Waals surface area contributed by atoms with Crippen LogP contribution in [-0.4, -0.2) is 10.5 Å². The van der Waals surface area contributed by atoms with Crippen LogP contribution < -0.4 is 5.32 Å². The van der Waals surface area contributed by atoms with Gasteiger partial charge in [-0.3, -0.25) is 0 Å². The molecule has 0 saturated carbocycles. The van der Waals surface area contributed by atoms with E-state index in [0.29, 0.717) is 4.90 Å². The van der Waals surface area contributed by atoms with Gasteiger partial charge in [0, 0.05) is 33.1 Å². The Morgan fingerprint density at radius 2 is 1.89 bits per heavy atom. The van der Waals surface area contributed by atoms with Crippen molar-refractivity contribution in [2.75, 3.05) is 11.6 Å². The summed E-state index contributed by atoms with van der Waals surface area (Å²) in [6.45, 7) is 5.03. The van der Waals surface area contributed by atoms with Gasteiger partial charge in [-0.2, -0.15) is 0 Å². The van der Waals surface area contributed by atoms with Crippen LogP contribution in [0.5, 0.6) is 0 Å². The highest BCUT2D eigenvalue weighted by atomic mass is 32.2. The molecule has 0 amide bonds. The summed E-state index contributed by atoms with van der Waals surface area (Å²) in [6, 6.07) is 9.46. The largest absolute Gasteiger partial charge is 0.381 e. The molecule has 1 aromatic carbocycles. The molecule has 3 nitrogen and oxygen atoms in total. The minimum atomic E-state index is -2.62. The summed E-state index contributed by atoms with van der Waals surface area (Å²) in [5.74, 6) is 0. The second kappa shape index (κ2) is 5.35. The Balaban J connectivity index is 2.07. The Labute approximate surface area is 118 Å². The molecule has 0 aliphatic rings. The Kier molecular flexibility index (Phi) is 3.96. The molecule has 2 aromatic rings. The van der Waals surface area contributed by atoms with Gasteiger partial charge in [-0.05, 0) is 49.7 Å². The van der Waals surface area contributed by atoms with Crippen LogP contribution in [0, 0.1) is 18.6 Å². The molecule has 1 atom stereocenters. The van der Waals surface area contributed by atoms with Crippen LogP contribution in [0.25, 0.3) is 0 Å². The molecule has 2 N–H and O–H groups in total. The summed E-state index contributed by atoms with van der Waals surface area (Å²) < 4.78 is 19.1. The third kappa shape index (κ3) is 3.58. The fourth-order valence-electron chi connectivity index (χ4n) is 1.89. The minimum absolute atomic E-state index is 0.570. The van der Waals surface area contributed by atoms with Crippen molar-refractivity contribution in [2.24, 2.45) is 0 Å². The summed E-state index contributed by atoms with van der Waals surface area (Å²) >= 11 is 1.81. The molecule has 1 heterocycles. The number of aryl methyl sites for hydroxylation is 2. The van der Waals surface area contributed by atoms with Crippen LogP contribution in [0.4, 0.5) is 5.69 Å². The van der Waals surface area contributed by atoms with Crippen molar-refractivity contribution in [2.45, 2.75) is 25.3 Å². The molecule has 0 aliphatic heterocycles. The van der Waals surface area contributed by atoms with E-state index in [-0.39, 0.29) is 0 Å². The number of thiophene rings is 1. The van der Waals surface area contributed by atoms with Crippen molar-refractivity contribution >= 4 is 26.8 Å². The molecule has 1 unspecified atom stereocenters. The maximum Gasteiger partial charge on any atom is 0.0696 e. The standard InChI is InChI=1S/C14H18N2OS2/c1-10-8-12(11(2)18-10)9-16-13-4-6-14(7-5-13)19(3,15)17/h4-8,15-16H,9H2,1-3H3. The SMILES string of the molecule is Cc1cc(CNc2ccc(S(C)(=N)=O)cc2)c(C)s1. The van der Waals surface area contributed by atoms with Gasteiger partial charge in [-0.1, -0.05) is 0 Å². The van der Waals surface area contributed by atoms with E-state index in [1.54, 1.807) is 12.1 Å². The van der Waals surface area contributed by atoms with Gasteiger partial charge in [0.25, 0.3) is 0 Å². The zero-order valence-electron chi connectivity index (χ0n) is 11.3. The van der Waals surface area contributed by atoms with Crippen LogP contribution in [0.2, 0.25) is 0 Å². The number of rotatable bonds is 4. The zero-order valence-corrected chi connectivity index (χ0v) is 13.0. The van der Waals surface area contributed by atoms with Gasteiger partial charge < -0.3 is 5.32 Å². The first-order valence-electron chi connectivity index (χ1n) is 6.00. The summed E-state index contributed by atoms with van der Waals surface area (Å²) in [4.78, 5) is 3.23. The quantitative estimate of drug-likeness (QED) is 0.895. The van der Waals surface area contributed by atoms with E-state index in [4.69, 9.17) is 4.78 Å². The van der Waals surface area contributed by atoms with Gasteiger partial charge in [0.15, 0.2) is 0 Å². The number of benzene rings is 1. The van der Waals surface area contributed by atoms with E-state index in [2.05, 4.69) is 25.2 Å². The first-order valence-corrected chi connectivity index (χ1v) is 8.78. The van der Waals surface area contributed by atoms with Crippen molar-refractivity contribution in [3.05, 3.63) is 45.6 Å². The van der Waals surface area contributed by atoms with Crippen LogP contribution in [-0.2, 0) is 16.3 Å². The second-order valence-corrected chi connectivity index (χ2v) is 8.28. The number of anilines is 1. The maximum absolute atomic E-state index is 11.6. The topological polar surface area (TPSA) is 53.0 Å². The molecule has 0 aliphatic carbocycles. The van der Waals surface area contributed by atoms with Crippen LogP contribution in [0.1, 0.15) is 15.3 Å². The molecule has 1 aromatic heterocycles. The Morgan fingerprint density at radius 3 is 2.37 bits per heavy atom. The Morgan fingerprint density at radius 1 is 1.26 bits per heavy atom. The highest BCUT2D eigenvalue weighted by Gasteiger charge is 2.04. The average molecular weight is 294 g/mol. The van der Waals surface area contributed by atoms with Gasteiger partial charge in [-0.15, -0.1) is 11.3 Å². The normalized spacial score (nSPS) is 14.1. The molecule has 19 heavy (non-hydrogen) atoms. The predicted molar refractivity (Wildman–Crippen MR) is 82.6 cm³/mol. The van der Waals surface area contributed by atoms with E-state index >= 15 is 0 Å². The van der Waals surface area contributed by atoms with E-state index in [9.17, 15) is 4.21 Å². The van der Waals surface area contributed by atoms with Crippen molar-refractivity contribution in [3.8, 4) is 0 Å². The van der Waals surface area contributed by atoms with Gasteiger partial charge in [0.1, 0.15) is 0 Å². The summed E-state index contributed by atoms with van der Waals surface area (Å²) in [7, 11) is -2.62. The molecule has 0 spiro atoms. The lowest BCUT2D eigenvalue weighted by Crippen LogP contribution is -2.00. The number of hydrogen-bond acceptors (Lipinski definition) is 4. The fraction of sp³-hybridized carbons (Fsp3) is 0.286. The molecule has 0 saturated heterocycles. The fourth-order valence-corrected chi connectivity index (χ4v) is 3.49. The lowest BCUT2D eigenvalue weighted by Gasteiger charge is -2.07. The number of hydrogen-bond donors (Lipinski definition) is 2. The minimum Gasteiger partial charge on any atom is -0.381 e. The summed E-state index contributed by atoms with van der Waals surface area (Å²) in [6.07, 6.45) is 1.44. The Hall–Kier alpha value is -1.33. The second-order valence-electron chi connectivity index (χ2n) is 4.66. The van der Waals surface area contributed by atoms with Gasteiger partial charge in [0.2, 0.25) is 0 Å². The first kappa shape index (κ1) is 14.1. The third-order valence-electron chi connectivity index (χ3n) is 2.93. The van der Waals surface area contributed by atoms with Crippen molar-refractivity contribution in [3.63, 3.8) is 0 Å². The summed E-state index contributed by atoms with van der Waals surface area (Å²) in [5.41, 5.74) is 2.29. The molecule has 5 heteroatoms. The molecule has 102 valence electrons. The third-order valence-corrected chi connectivity index (χ3v) is 5.11. The highest BCUT2D eigenvalue weighted by Crippen LogP contribution is 2.22. The molecule has 2 rings (SSSR count).